The first-order chi connectivity index (χ1) is 8.70. The molecule has 0 saturated heterocycles. The molecule has 1 N–H and O–H groups in total. The van der Waals surface area contributed by atoms with Gasteiger partial charge in [-0.2, -0.15) is 0 Å². The van der Waals surface area contributed by atoms with Crippen LogP contribution in [0.5, 0.6) is 0 Å². The van der Waals surface area contributed by atoms with E-state index in [-0.39, 0.29) is 0 Å². The van der Waals surface area contributed by atoms with Crippen molar-refractivity contribution in [1.82, 2.24) is 5.32 Å². The monoisotopic (exact) mass is 263 g/mol. The molecule has 1 saturated carbocycles. The summed E-state index contributed by atoms with van der Waals surface area (Å²) < 4.78 is 5.99. The molecule has 0 spiro atoms. The lowest BCUT2D eigenvalue weighted by molar-refractivity contribution is 0.514. The Morgan fingerprint density at radius 1 is 1.39 bits per heavy atom. The van der Waals surface area contributed by atoms with Crippen LogP contribution in [0.1, 0.15) is 42.6 Å². The Morgan fingerprint density at radius 3 is 2.83 bits per heavy atom. The summed E-state index contributed by atoms with van der Waals surface area (Å²) in [7, 11) is 0. The van der Waals surface area contributed by atoms with E-state index in [0.717, 1.165) is 29.5 Å². The highest BCUT2D eigenvalue weighted by Crippen LogP contribution is 2.47. The first kappa shape index (κ1) is 12.1. The van der Waals surface area contributed by atoms with Crippen molar-refractivity contribution >= 4 is 22.6 Å². The number of rotatable bonds is 4. The summed E-state index contributed by atoms with van der Waals surface area (Å²) in [5, 5.41) is 5.29. The molecule has 1 fully saturated rings. The molecule has 18 heavy (non-hydrogen) atoms. The minimum Gasteiger partial charge on any atom is -0.458 e. The zero-order valence-corrected chi connectivity index (χ0v) is 11.6. The molecule has 3 heteroatoms. The van der Waals surface area contributed by atoms with Gasteiger partial charge in [0.2, 0.25) is 0 Å². The van der Waals surface area contributed by atoms with E-state index in [0.29, 0.717) is 5.92 Å². The minimum absolute atomic E-state index is 0.678. The maximum Gasteiger partial charge on any atom is 0.153 e. The topological polar surface area (TPSA) is 25.2 Å². The number of nitrogens with one attached hydrogen (secondary N) is 1. The van der Waals surface area contributed by atoms with Crippen molar-refractivity contribution in [2.75, 3.05) is 6.54 Å². The highest BCUT2D eigenvalue weighted by Gasteiger charge is 2.31. The Hall–Kier alpha value is -0.990. The summed E-state index contributed by atoms with van der Waals surface area (Å²) in [4.78, 5) is 0. The highest BCUT2D eigenvalue weighted by molar-refractivity contribution is 6.35. The van der Waals surface area contributed by atoms with E-state index in [1.807, 2.05) is 6.07 Å². The van der Waals surface area contributed by atoms with Gasteiger partial charge in [-0.15, -0.1) is 0 Å². The fourth-order valence-electron chi connectivity index (χ4n) is 2.55. The number of hydrogen-bond donors (Lipinski definition) is 1. The smallest absolute Gasteiger partial charge is 0.153 e. The predicted molar refractivity (Wildman–Crippen MR) is 75.3 cm³/mol. The second kappa shape index (κ2) is 4.60. The summed E-state index contributed by atoms with van der Waals surface area (Å²) in [6, 6.07) is 4.18. The molecule has 0 unspecified atom stereocenters. The average Bonchev–Trinajstić information content (AvgIpc) is 3.09. The van der Waals surface area contributed by atoms with Gasteiger partial charge in [0.25, 0.3) is 0 Å². The van der Waals surface area contributed by atoms with Crippen molar-refractivity contribution in [3.8, 4) is 0 Å². The van der Waals surface area contributed by atoms with Crippen molar-refractivity contribution in [3.05, 3.63) is 34.0 Å². The zero-order chi connectivity index (χ0) is 12.7. The van der Waals surface area contributed by atoms with E-state index < -0.39 is 0 Å². The van der Waals surface area contributed by atoms with Gasteiger partial charge >= 0.3 is 0 Å². The molecule has 0 bridgehead atoms. The first-order valence-electron chi connectivity index (χ1n) is 6.62. The van der Waals surface area contributed by atoms with Crippen LogP contribution in [0.15, 0.2) is 16.5 Å². The third-order valence-corrected chi connectivity index (χ3v) is 3.81. The quantitative estimate of drug-likeness (QED) is 0.885. The molecule has 2 aromatic rings. The van der Waals surface area contributed by atoms with Crippen LogP contribution in [0.3, 0.4) is 0 Å². The fraction of sp³-hybridized carbons (Fsp3) is 0.467. The molecule has 96 valence electrons. The number of benzene rings is 1. The molecule has 1 aliphatic carbocycles. The number of fused-ring (bicyclic) bond motifs is 1. The van der Waals surface area contributed by atoms with Crippen LogP contribution < -0.4 is 5.32 Å². The Labute approximate surface area is 112 Å². The molecule has 0 aliphatic heterocycles. The summed E-state index contributed by atoms with van der Waals surface area (Å²) >= 11 is 6.29. The Kier molecular flexibility index (Phi) is 3.08. The van der Waals surface area contributed by atoms with E-state index in [9.17, 15) is 0 Å². The number of aryl methyl sites for hydroxylation is 1. The molecule has 0 atom stereocenters. The number of halogens is 1. The largest absolute Gasteiger partial charge is 0.458 e. The van der Waals surface area contributed by atoms with Crippen LogP contribution >= 0.6 is 11.6 Å². The third kappa shape index (κ3) is 2.04. The maximum absolute atomic E-state index is 6.29. The molecule has 3 rings (SSSR count). The van der Waals surface area contributed by atoms with Gasteiger partial charge in [0.1, 0.15) is 5.76 Å². The van der Waals surface area contributed by atoms with Gasteiger partial charge in [0, 0.05) is 10.9 Å². The lowest BCUT2D eigenvalue weighted by atomic mass is 10.0. The lowest BCUT2D eigenvalue weighted by Gasteiger charge is -2.01. The third-order valence-electron chi connectivity index (χ3n) is 3.52. The van der Waals surface area contributed by atoms with E-state index in [4.69, 9.17) is 16.0 Å². The van der Waals surface area contributed by atoms with Crippen molar-refractivity contribution in [1.29, 1.82) is 0 Å². The standard InChI is InChI=1S/C15H18ClNO/c1-3-17-8-13-14(10-4-5-10)11-6-9(2)7-12(16)15(11)18-13/h6-7,10,17H,3-5,8H2,1-2H3. The molecule has 1 heterocycles. The van der Waals surface area contributed by atoms with Crippen LogP contribution in [0.25, 0.3) is 11.0 Å². The van der Waals surface area contributed by atoms with E-state index in [1.165, 1.54) is 29.4 Å². The van der Waals surface area contributed by atoms with Gasteiger partial charge in [-0.05, 0) is 49.9 Å². The fourth-order valence-corrected chi connectivity index (χ4v) is 2.86. The predicted octanol–water partition coefficient (Wildman–Crippen LogP) is 4.38. The summed E-state index contributed by atoms with van der Waals surface area (Å²) in [5.41, 5.74) is 3.44. The molecule has 2 nitrogen and oxygen atoms in total. The highest BCUT2D eigenvalue weighted by atomic mass is 35.5. The number of furan rings is 1. The summed E-state index contributed by atoms with van der Waals surface area (Å²) in [5.74, 6) is 1.75. The molecule has 1 aliphatic rings. The summed E-state index contributed by atoms with van der Waals surface area (Å²) in [6.45, 7) is 5.94. The van der Waals surface area contributed by atoms with Gasteiger partial charge in [0.15, 0.2) is 5.58 Å². The van der Waals surface area contributed by atoms with Gasteiger partial charge in [0.05, 0.1) is 11.6 Å². The summed E-state index contributed by atoms with van der Waals surface area (Å²) in [6.07, 6.45) is 2.55. The van der Waals surface area contributed by atoms with E-state index in [2.05, 4.69) is 25.2 Å². The van der Waals surface area contributed by atoms with Crippen molar-refractivity contribution < 1.29 is 4.42 Å². The van der Waals surface area contributed by atoms with E-state index >= 15 is 0 Å². The van der Waals surface area contributed by atoms with Crippen LogP contribution in [0.2, 0.25) is 5.02 Å². The second-order valence-electron chi connectivity index (χ2n) is 5.12. The minimum atomic E-state index is 0.678. The molecule has 1 aromatic heterocycles. The van der Waals surface area contributed by atoms with Crippen molar-refractivity contribution in [2.45, 2.75) is 39.2 Å². The first-order valence-corrected chi connectivity index (χ1v) is 7.00. The van der Waals surface area contributed by atoms with Crippen LogP contribution in [0, 0.1) is 6.92 Å². The molecular formula is C15H18ClNO. The van der Waals surface area contributed by atoms with Gasteiger partial charge < -0.3 is 9.73 Å². The molecule has 0 radical (unpaired) electrons. The van der Waals surface area contributed by atoms with E-state index in [1.54, 1.807) is 0 Å². The molecular weight excluding hydrogens is 246 g/mol. The molecule has 0 amide bonds. The van der Waals surface area contributed by atoms with Crippen LogP contribution in [-0.4, -0.2) is 6.54 Å². The average molecular weight is 264 g/mol. The Bertz CT molecular complexity index is 584. The SMILES string of the molecule is CCNCc1oc2c(Cl)cc(C)cc2c1C1CC1. The molecule has 1 aromatic carbocycles. The maximum atomic E-state index is 6.29. The van der Waals surface area contributed by atoms with Crippen molar-refractivity contribution in [2.24, 2.45) is 0 Å². The van der Waals surface area contributed by atoms with Crippen LogP contribution in [0.4, 0.5) is 0 Å². The Morgan fingerprint density at radius 2 is 2.17 bits per heavy atom. The number of hydrogen-bond acceptors (Lipinski definition) is 2. The van der Waals surface area contributed by atoms with Crippen molar-refractivity contribution in [3.63, 3.8) is 0 Å². The van der Waals surface area contributed by atoms with Gasteiger partial charge in [-0.1, -0.05) is 18.5 Å². The van der Waals surface area contributed by atoms with Gasteiger partial charge in [-0.3, -0.25) is 0 Å². The van der Waals surface area contributed by atoms with Gasteiger partial charge in [-0.25, -0.2) is 0 Å². The second-order valence-corrected chi connectivity index (χ2v) is 5.52. The lowest BCUT2D eigenvalue weighted by Crippen LogP contribution is -2.12. The zero-order valence-electron chi connectivity index (χ0n) is 10.8. The van der Waals surface area contributed by atoms with Crippen LogP contribution in [-0.2, 0) is 6.54 Å². The Balaban J connectivity index is 2.16. The normalized spacial score (nSPS) is 15.5.